The number of hydrogen-bond acceptors (Lipinski definition) is 4. The fourth-order valence-corrected chi connectivity index (χ4v) is 2.63. The van der Waals surface area contributed by atoms with Crippen molar-refractivity contribution < 1.29 is 14.7 Å². The van der Waals surface area contributed by atoms with Gasteiger partial charge in [0, 0.05) is 16.8 Å². The third-order valence-corrected chi connectivity index (χ3v) is 3.96. The van der Waals surface area contributed by atoms with Gasteiger partial charge in [-0.3, -0.25) is 9.78 Å². The fourth-order valence-electron chi connectivity index (χ4n) is 1.65. The van der Waals surface area contributed by atoms with Gasteiger partial charge in [-0.15, -0.1) is 11.3 Å². The van der Waals surface area contributed by atoms with Gasteiger partial charge in [0.25, 0.3) is 5.91 Å². The largest absolute Gasteiger partial charge is 0.478 e. The van der Waals surface area contributed by atoms with Gasteiger partial charge < -0.3 is 10.4 Å². The summed E-state index contributed by atoms with van der Waals surface area (Å²) in [6.07, 6.45) is 2.20. The molecule has 0 radical (unpaired) electrons. The Morgan fingerprint density at radius 2 is 2.15 bits per heavy atom. The van der Waals surface area contributed by atoms with Crippen LogP contribution in [0.25, 0.3) is 0 Å². The molecule has 20 heavy (non-hydrogen) atoms. The van der Waals surface area contributed by atoms with Crippen LogP contribution in [0.1, 0.15) is 38.2 Å². The number of aryl methyl sites for hydroxylation is 2. The Labute approximate surface area is 120 Å². The molecule has 2 heterocycles. The van der Waals surface area contributed by atoms with Gasteiger partial charge in [-0.05, 0) is 31.5 Å². The third-order valence-electron chi connectivity index (χ3n) is 2.76. The van der Waals surface area contributed by atoms with Crippen LogP contribution in [0.2, 0.25) is 0 Å². The molecule has 1 amide bonds. The highest BCUT2D eigenvalue weighted by Crippen LogP contribution is 2.29. The molecule has 2 aromatic heterocycles. The second kappa shape index (κ2) is 5.83. The van der Waals surface area contributed by atoms with Crippen molar-refractivity contribution in [2.75, 3.05) is 5.32 Å². The Hall–Kier alpha value is -2.21. The Balaban J connectivity index is 2.25. The number of rotatable bonds is 4. The van der Waals surface area contributed by atoms with Gasteiger partial charge in [0.05, 0.1) is 11.1 Å². The maximum absolute atomic E-state index is 12.1. The maximum Gasteiger partial charge on any atom is 0.338 e. The minimum Gasteiger partial charge on any atom is -0.478 e. The summed E-state index contributed by atoms with van der Waals surface area (Å²) in [5.74, 6) is -1.40. The standard InChI is InChI=1S/C14H14N2O3S/c1-3-10-6-11(14(18)19)13(20-10)16-12(17)9-5-4-8(2)15-7-9/h4-7H,3H2,1-2H3,(H,16,17)(H,18,19). The average Bonchev–Trinajstić information content (AvgIpc) is 2.82. The van der Waals surface area contributed by atoms with Crippen LogP contribution in [-0.2, 0) is 6.42 Å². The summed E-state index contributed by atoms with van der Waals surface area (Å²) in [6.45, 7) is 3.77. The smallest absolute Gasteiger partial charge is 0.338 e. The van der Waals surface area contributed by atoms with Gasteiger partial charge in [-0.2, -0.15) is 0 Å². The first-order valence-corrected chi connectivity index (χ1v) is 6.93. The van der Waals surface area contributed by atoms with E-state index in [1.165, 1.54) is 17.5 Å². The minimum atomic E-state index is -1.04. The molecule has 0 saturated carbocycles. The van der Waals surface area contributed by atoms with E-state index < -0.39 is 5.97 Å². The highest BCUT2D eigenvalue weighted by Gasteiger charge is 2.17. The number of nitrogens with zero attached hydrogens (tertiary/aromatic N) is 1. The lowest BCUT2D eigenvalue weighted by Crippen LogP contribution is -2.13. The van der Waals surface area contributed by atoms with Crippen LogP contribution in [0, 0.1) is 6.92 Å². The lowest BCUT2D eigenvalue weighted by atomic mass is 10.2. The molecule has 0 aliphatic rings. The summed E-state index contributed by atoms with van der Waals surface area (Å²) in [7, 11) is 0. The summed E-state index contributed by atoms with van der Waals surface area (Å²) in [6, 6.07) is 4.99. The molecule has 0 aliphatic heterocycles. The summed E-state index contributed by atoms with van der Waals surface area (Å²) in [4.78, 5) is 28.2. The predicted octanol–water partition coefficient (Wildman–Crippen LogP) is 2.96. The van der Waals surface area contributed by atoms with E-state index >= 15 is 0 Å². The molecule has 5 nitrogen and oxygen atoms in total. The molecular weight excluding hydrogens is 276 g/mol. The minimum absolute atomic E-state index is 0.125. The normalized spacial score (nSPS) is 10.3. The van der Waals surface area contributed by atoms with Crippen molar-refractivity contribution in [1.82, 2.24) is 4.98 Å². The number of thiophene rings is 1. The molecule has 0 saturated heterocycles. The molecular formula is C14H14N2O3S. The van der Waals surface area contributed by atoms with Crippen LogP contribution < -0.4 is 5.32 Å². The van der Waals surface area contributed by atoms with E-state index in [9.17, 15) is 9.59 Å². The zero-order valence-electron chi connectivity index (χ0n) is 11.1. The second-order valence-electron chi connectivity index (χ2n) is 4.26. The number of carbonyl (C=O) groups excluding carboxylic acids is 1. The van der Waals surface area contributed by atoms with E-state index in [0.717, 1.165) is 17.0 Å². The number of carboxylic acid groups (broad SMARTS) is 1. The molecule has 2 N–H and O–H groups in total. The van der Waals surface area contributed by atoms with E-state index in [1.807, 2.05) is 13.8 Å². The molecule has 0 aliphatic carbocycles. The number of anilines is 1. The van der Waals surface area contributed by atoms with E-state index in [1.54, 1.807) is 18.2 Å². The van der Waals surface area contributed by atoms with E-state index in [-0.39, 0.29) is 11.5 Å². The molecule has 0 unspecified atom stereocenters. The Bertz CT molecular complexity index is 647. The number of hydrogen-bond donors (Lipinski definition) is 2. The molecule has 6 heteroatoms. The summed E-state index contributed by atoms with van der Waals surface area (Å²) in [5, 5.41) is 12.1. The van der Waals surface area contributed by atoms with Crippen LogP contribution >= 0.6 is 11.3 Å². The first-order chi connectivity index (χ1) is 9.51. The number of aromatic carboxylic acids is 1. The molecule has 0 bridgehead atoms. The van der Waals surface area contributed by atoms with Crippen molar-refractivity contribution in [2.45, 2.75) is 20.3 Å². The number of nitrogens with one attached hydrogen (secondary N) is 1. The molecule has 104 valence electrons. The monoisotopic (exact) mass is 290 g/mol. The lowest BCUT2D eigenvalue weighted by Gasteiger charge is -2.04. The van der Waals surface area contributed by atoms with Crippen molar-refractivity contribution in [2.24, 2.45) is 0 Å². The number of carboxylic acids is 1. The number of carbonyl (C=O) groups is 2. The maximum atomic E-state index is 12.1. The number of pyridine rings is 1. The van der Waals surface area contributed by atoms with Gasteiger partial charge in [-0.25, -0.2) is 4.79 Å². The second-order valence-corrected chi connectivity index (χ2v) is 5.39. The molecule has 0 spiro atoms. The SMILES string of the molecule is CCc1cc(C(=O)O)c(NC(=O)c2ccc(C)nc2)s1. The lowest BCUT2D eigenvalue weighted by molar-refractivity contribution is 0.0698. The molecule has 0 atom stereocenters. The van der Waals surface area contributed by atoms with E-state index in [2.05, 4.69) is 10.3 Å². The van der Waals surface area contributed by atoms with Gasteiger partial charge >= 0.3 is 5.97 Å². The predicted molar refractivity (Wildman–Crippen MR) is 77.6 cm³/mol. The zero-order chi connectivity index (χ0) is 14.7. The van der Waals surface area contributed by atoms with Crippen molar-refractivity contribution in [3.63, 3.8) is 0 Å². The molecule has 2 rings (SSSR count). The van der Waals surface area contributed by atoms with Crippen molar-refractivity contribution >= 4 is 28.2 Å². The Kier molecular flexibility index (Phi) is 4.14. The molecule has 0 aromatic carbocycles. The quantitative estimate of drug-likeness (QED) is 0.907. The van der Waals surface area contributed by atoms with Crippen LogP contribution in [0.4, 0.5) is 5.00 Å². The van der Waals surface area contributed by atoms with Gasteiger partial charge in [0.1, 0.15) is 5.00 Å². The summed E-state index contributed by atoms with van der Waals surface area (Å²) in [5.41, 5.74) is 1.34. The first-order valence-electron chi connectivity index (χ1n) is 6.11. The highest BCUT2D eigenvalue weighted by molar-refractivity contribution is 7.16. The van der Waals surface area contributed by atoms with Crippen LogP contribution in [0.5, 0.6) is 0 Å². The summed E-state index contributed by atoms with van der Waals surface area (Å²) < 4.78 is 0. The van der Waals surface area contributed by atoms with Gasteiger partial charge in [-0.1, -0.05) is 6.92 Å². The van der Waals surface area contributed by atoms with Crippen molar-refractivity contribution in [3.8, 4) is 0 Å². The average molecular weight is 290 g/mol. The van der Waals surface area contributed by atoms with Gasteiger partial charge in [0.15, 0.2) is 0 Å². The van der Waals surface area contributed by atoms with Crippen molar-refractivity contribution in [1.29, 1.82) is 0 Å². The van der Waals surface area contributed by atoms with Gasteiger partial charge in [0.2, 0.25) is 0 Å². The van der Waals surface area contributed by atoms with Crippen LogP contribution in [-0.4, -0.2) is 22.0 Å². The van der Waals surface area contributed by atoms with E-state index in [0.29, 0.717) is 10.6 Å². The summed E-state index contributed by atoms with van der Waals surface area (Å²) >= 11 is 1.28. The van der Waals surface area contributed by atoms with E-state index in [4.69, 9.17) is 5.11 Å². The van der Waals surface area contributed by atoms with Crippen LogP contribution in [0.15, 0.2) is 24.4 Å². The zero-order valence-corrected chi connectivity index (χ0v) is 12.0. The third kappa shape index (κ3) is 3.03. The van der Waals surface area contributed by atoms with Crippen molar-refractivity contribution in [3.05, 3.63) is 46.1 Å². The number of aromatic nitrogens is 1. The fraction of sp³-hybridized carbons (Fsp3) is 0.214. The Morgan fingerprint density at radius 3 is 2.70 bits per heavy atom. The molecule has 2 aromatic rings. The van der Waals surface area contributed by atoms with Crippen LogP contribution in [0.3, 0.4) is 0 Å². The molecule has 0 fully saturated rings. The Morgan fingerprint density at radius 1 is 1.40 bits per heavy atom. The first kappa shape index (κ1) is 14.2. The number of amides is 1. The topological polar surface area (TPSA) is 79.3 Å². The highest BCUT2D eigenvalue weighted by atomic mass is 32.1.